The van der Waals surface area contributed by atoms with Gasteiger partial charge in [-0.1, -0.05) is 30.3 Å². The number of carbonyl (C=O) groups is 1. The third kappa shape index (κ3) is 3.61. The number of rotatable bonds is 2. The number of nitrogens with zero attached hydrogens (tertiary/aromatic N) is 1. The Hall–Kier alpha value is -1.55. The highest BCUT2D eigenvalue weighted by atomic mass is 16.6. The van der Waals surface area contributed by atoms with Gasteiger partial charge in [0, 0.05) is 18.5 Å². The summed E-state index contributed by atoms with van der Waals surface area (Å²) < 4.78 is 5.44. The summed E-state index contributed by atoms with van der Waals surface area (Å²) in [5.74, 6) is 0. The Morgan fingerprint density at radius 2 is 1.77 bits per heavy atom. The summed E-state index contributed by atoms with van der Waals surface area (Å²) in [7, 11) is 0. The van der Waals surface area contributed by atoms with Gasteiger partial charge in [0.15, 0.2) is 0 Å². The fraction of sp³-hybridized carbons (Fsp3) is 0.611. The molecule has 0 aromatic heterocycles. The molecule has 1 aromatic carbocycles. The fourth-order valence-electron chi connectivity index (χ4n) is 3.13. The summed E-state index contributed by atoms with van der Waals surface area (Å²) in [6, 6.07) is 10.1. The quantitative estimate of drug-likeness (QED) is 0.911. The molecule has 2 rings (SSSR count). The van der Waals surface area contributed by atoms with Gasteiger partial charge in [0.25, 0.3) is 0 Å². The first-order chi connectivity index (χ1) is 10.2. The Labute approximate surface area is 133 Å². The van der Waals surface area contributed by atoms with Crippen LogP contribution >= 0.6 is 0 Å². The maximum absolute atomic E-state index is 12.2. The molecule has 1 saturated heterocycles. The third-order valence-corrected chi connectivity index (χ3v) is 4.46. The molecule has 0 radical (unpaired) electrons. The summed E-state index contributed by atoms with van der Waals surface area (Å²) in [5, 5.41) is 10.4. The first-order valence-corrected chi connectivity index (χ1v) is 7.96. The number of ether oxygens (including phenoxy) is 1. The van der Waals surface area contributed by atoms with Crippen molar-refractivity contribution >= 4 is 6.09 Å². The second-order valence-electron chi connectivity index (χ2n) is 7.17. The third-order valence-electron chi connectivity index (χ3n) is 4.46. The number of amides is 1. The summed E-state index contributed by atoms with van der Waals surface area (Å²) in [5.41, 5.74) is 0.392. The molecule has 122 valence electrons. The average Bonchev–Trinajstić information content (AvgIpc) is 2.46. The molecule has 0 saturated carbocycles. The van der Waals surface area contributed by atoms with Crippen LogP contribution in [0.5, 0.6) is 0 Å². The van der Waals surface area contributed by atoms with Crippen molar-refractivity contribution in [1.29, 1.82) is 0 Å². The lowest BCUT2D eigenvalue weighted by atomic mass is 9.69. The van der Waals surface area contributed by atoms with Crippen molar-refractivity contribution in [2.45, 2.75) is 57.7 Å². The van der Waals surface area contributed by atoms with Crippen molar-refractivity contribution in [3.8, 4) is 0 Å². The van der Waals surface area contributed by atoms with Gasteiger partial charge in [-0.3, -0.25) is 0 Å². The molecule has 1 aliphatic rings. The lowest BCUT2D eigenvalue weighted by Crippen LogP contribution is -2.50. The summed E-state index contributed by atoms with van der Waals surface area (Å²) in [6.45, 7) is 8.68. The topological polar surface area (TPSA) is 49.8 Å². The number of likely N-dealkylation sites (tertiary alicyclic amines) is 1. The summed E-state index contributed by atoms with van der Waals surface area (Å²) in [6.07, 6.45) is 0.775. The van der Waals surface area contributed by atoms with Crippen molar-refractivity contribution in [3.05, 3.63) is 35.9 Å². The zero-order valence-corrected chi connectivity index (χ0v) is 14.0. The van der Waals surface area contributed by atoms with Gasteiger partial charge in [0.05, 0.1) is 6.10 Å². The van der Waals surface area contributed by atoms with E-state index in [0.717, 1.165) is 18.4 Å². The fourth-order valence-corrected chi connectivity index (χ4v) is 3.13. The van der Waals surface area contributed by atoms with Gasteiger partial charge in [-0.2, -0.15) is 0 Å². The second kappa shape index (κ2) is 6.29. The van der Waals surface area contributed by atoms with Gasteiger partial charge in [-0.05, 0) is 46.1 Å². The van der Waals surface area contributed by atoms with Crippen LogP contribution in [0.3, 0.4) is 0 Å². The smallest absolute Gasteiger partial charge is 0.410 e. The monoisotopic (exact) mass is 305 g/mol. The van der Waals surface area contributed by atoms with Crippen molar-refractivity contribution in [2.75, 3.05) is 13.1 Å². The van der Waals surface area contributed by atoms with E-state index in [1.54, 1.807) is 4.90 Å². The van der Waals surface area contributed by atoms with E-state index in [1.165, 1.54) is 0 Å². The number of benzene rings is 1. The first-order valence-electron chi connectivity index (χ1n) is 7.96. The number of aliphatic hydroxyl groups is 1. The van der Waals surface area contributed by atoms with Crippen LogP contribution in [-0.2, 0) is 10.2 Å². The van der Waals surface area contributed by atoms with E-state index in [0.29, 0.717) is 13.1 Å². The molecule has 4 heteroatoms. The number of aliphatic hydroxyl groups excluding tert-OH is 1. The van der Waals surface area contributed by atoms with Crippen LogP contribution in [0.25, 0.3) is 0 Å². The van der Waals surface area contributed by atoms with E-state index in [9.17, 15) is 9.90 Å². The Morgan fingerprint density at radius 1 is 1.23 bits per heavy atom. The van der Waals surface area contributed by atoms with Crippen LogP contribution in [0.15, 0.2) is 30.3 Å². The minimum Gasteiger partial charge on any atom is -0.444 e. The summed E-state index contributed by atoms with van der Waals surface area (Å²) in [4.78, 5) is 13.9. The Kier molecular flexibility index (Phi) is 4.81. The molecule has 22 heavy (non-hydrogen) atoms. The van der Waals surface area contributed by atoms with Crippen LogP contribution in [0.2, 0.25) is 0 Å². The SMILES string of the molecule is CC(O)C1(c2ccccc2)CCN(C(=O)OC(C)(C)C)CC1. The number of hydrogen-bond donors (Lipinski definition) is 1. The van der Waals surface area contributed by atoms with Crippen LogP contribution in [-0.4, -0.2) is 40.9 Å². The largest absolute Gasteiger partial charge is 0.444 e. The molecule has 1 heterocycles. The lowest BCUT2D eigenvalue weighted by Gasteiger charge is -2.44. The molecule has 0 bridgehead atoms. The molecule has 4 nitrogen and oxygen atoms in total. The van der Waals surface area contributed by atoms with Crippen molar-refractivity contribution < 1.29 is 14.6 Å². The van der Waals surface area contributed by atoms with Crippen LogP contribution in [0.4, 0.5) is 4.79 Å². The molecule has 1 atom stereocenters. The van der Waals surface area contributed by atoms with Crippen molar-refractivity contribution in [1.82, 2.24) is 4.90 Å². The molecule has 1 fully saturated rings. The average molecular weight is 305 g/mol. The van der Waals surface area contributed by atoms with Crippen LogP contribution in [0, 0.1) is 0 Å². The zero-order chi connectivity index (χ0) is 16.4. The van der Waals surface area contributed by atoms with E-state index in [4.69, 9.17) is 4.74 Å². The highest BCUT2D eigenvalue weighted by Gasteiger charge is 2.41. The highest BCUT2D eigenvalue weighted by Crippen LogP contribution is 2.38. The maximum Gasteiger partial charge on any atom is 0.410 e. The van der Waals surface area contributed by atoms with E-state index < -0.39 is 11.7 Å². The molecule has 1 amide bonds. The Bertz CT molecular complexity index is 497. The number of piperidine rings is 1. The zero-order valence-electron chi connectivity index (χ0n) is 14.0. The summed E-state index contributed by atoms with van der Waals surface area (Å²) >= 11 is 0. The minimum absolute atomic E-state index is 0.264. The van der Waals surface area contributed by atoms with Crippen LogP contribution in [0.1, 0.15) is 46.1 Å². The van der Waals surface area contributed by atoms with Crippen molar-refractivity contribution in [2.24, 2.45) is 0 Å². The molecule has 1 aromatic rings. The molecular weight excluding hydrogens is 278 g/mol. The van der Waals surface area contributed by atoms with Gasteiger partial charge in [0.1, 0.15) is 5.60 Å². The predicted octanol–water partition coefficient (Wildman–Crippen LogP) is 3.34. The van der Waals surface area contributed by atoms with E-state index in [-0.39, 0.29) is 11.5 Å². The molecule has 1 unspecified atom stereocenters. The molecule has 1 N–H and O–H groups in total. The van der Waals surface area contributed by atoms with Gasteiger partial charge in [0.2, 0.25) is 0 Å². The first kappa shape index (κ1) is 16.8. The van der Waals surface area contributed by atoms with Gasteiger partial charge in [-0.25, -0.2) is 4.79 Å². The number of carbonyl (C=O) groups excluding carboxylic acids is 1. The van der Waals surface area contributed by atoms with E-state index in [2.05, 4.69) is 12.1 Å². The van der Waals surface area contributed by atoms with E-state index in [1.807, 2.05) is 45.9 Å². The molecular formula is C18H27NO3. The van der Waals surface area contributed by atoms with Gasteiger partial charge in [-0.15, -0.1) is 0 Å². The minimum atomic E-state index is -0.477. The van der Waals surface area contributed by atoms with Gasteiger partial charge < -0.3 is 14.7 Å². The van der Waals surface area contributed by atoms with Crippen LogP contribution < -0.4 is 0 Å². The Morgan fingerprint density at radius 3 is 2.23 bits per heavy atom. The number of hydrogen-bond acceptors (Lipinski definition) is 3. The molecule has 0 aliphatic carbocycles. The standard InChI is InChI=1S/C18H27NO3/c1-14(20)18(15-8-6-5-7-9-15)10-12-19(13-11-18)16(21)22-17(2,3)4/h5-9,14,20H,10-13H2,1-4H3. The van der Waals surface area contributed by atoms with Gasteiger partial charge >= 0.3 is 6.09 Å². The second-order valence-corrected chi connectivity index (χ2v) is 7.17. The highest BCUT2D eigenvalue weighted by molar-refractivity contribution is 5.68. The molecule has 1 aliphatic heterocycles. The van der Waals surface area contributed by atoms with E-state index >= 15 is 0 Å². The van der Waals surface area contributed by atoms with Crippen molar-refractivity contribution in [3.63, 3.8) is 0 Å². The Balaban J connectivity index is 2.10. The normalized spacial score (nSPS) is 19.6. The molecule has 0 spiro atoms. The lowest BCUT2D eigenvalue weighted by molar-refractivity contribution is 0.00195. The predicted molar refractivity (Wildman–Crippen MR) is 86.8 cm³/mol. The maximum atomic E-state index is 12.2.